The predicted molar refractivity (Wildman–Crippen MR) is 84.8 cm³/mol. The first-order valence-corrected chi connectivity index (χ1v) is 7.52. The van der Waals surface area contributed by atoms with Gasteiger partial charge >= 0.3 is 6.09 Å². The molecule has 2 rings (SSSR count). The molecule has 0 saturated carbocycles. The molecule has 0 radical (unpaired) electrons. The molecule has 1 aliphatic heterocycles. The number of hydrogen-bond acceptors (Lipinski definition) is 5. The minimum absolute atomic E-state index is 0.326. The van der Waals surface area contributed by atoms with E-state index in [0.717, 1.165) is 13.1 Å². The van der Waals surface area contributed by atoms with Crippen molar-refractivity contribution >= 4 is 11.8 Å². The standard InChI is InChI=1S/C16H21FN4O2/c1-19(2)16(22)23-10-9-20-5-7-21(8-6-20)15-4-3-13(12-18)11-14(15)17/h3-4,11H,5-10H2,1-2H3. The van der Waals surface area contributed by atoms with Crippen molar-refractivity contribution in [1.82, 2.24) is 9.80 Å². The van der Waals surface area contributed by atoms with Crippen LogP contribution in [-0.4, -0.2) is 69.3 Å². The van der Waals surface area contributed by atoms with E-state index >= 15 is 0 Å². The van der Waals surface area contributed by atoms with Crippen molar-refractivity contribution in [3.05, 3.63) is 29.6 Å². The van der Waals surface area contributed by atoms with E-state index in [1.54, 1.807) is 26.2 Å². The number of halogens is 1. The molecule has 0 atom stereocenters. The van der Waals surface area contributed by atoms with E-state index in [-0.39, 0.29) is 11.9 Å². The zero-order valence-corrected chi connectivity index (χ0v) is 13.5. The van der Waals surface area contributed by atoms with E-state index in [9.17, 15) is 9.18 Å². The Morgan fingerprint density at radius 2 is 2.04 bits per heavy atom. The second-order valence-corrected chi connectivity index (χ2v) is 5.62. The lowest BCUT2D eigenvalue weighted by Crippen LogP contribution is -2.47. The first-order valence-electron chi connectivity index (χ1n) is 7.52. The van der Waals surface area contributed by atoms with Crippen molar-refractivity contribution < 1.29 is 13.9 Å². The fourth-order valence-electron chi connectivity index (χ4n) is 2.44. The molecule has 6 nitrogen and oxygen atoms in total. The van der Waals surface area contributed by atoms with Crippen LogP contribution in [0, 0.1) is 17.1 Å². The second-order valence-electron chi connectivity index (χ2n) is 5.62. The van der Waals surface area contributed by atoms with E-state index in [0.29, 0.717) is 37.5 Å². The molecule has 1 aliphatic rings. The number of hydrogen-bond donors (Lipinski definition) is 0. The van der Waals surface area contributed by atoms with E-state index in [1.165, 1.54) is 11.0 Å². The van der Waals surface area contributed by atoms with Crippen LogP contribution in [-0.2, 0) is 4.74 Å². The molecule has 1 saturated heterocycles. The van der Waals surface area contributed by atoms with Gasteiger partial charge in [-0.25, -0.2) is 9.18 Å². The summed E-state index contributed by atoms with van der Waals surface area (Å²) in [4.78, 5) is 16.9. The quantitative estimate of drug-likeness (QED) is 0.842. The fourth-order valence-corrected chi connectivity index (χ4v) is 2.44. The molecule has 0 bridgehead atoms. The molecule has 0 unspecified atom stereocenters. The number of nitrogens with zero attached hydrogens (tertiary/aromatic N) is 4. The third-order valence-electron chi connectivity index (χ3n) is 3.79. The van der Waals surface area contributed by atoms with Crippen molar-refractivity contribution in [2.24, 2.45) is 0 Å². The lowest BCUT2D eigenvalue weighted by atomic mass is 10.2. The van der Waals surface area contributed by atoms with Gasteiger partial charge in [-0.1, -0.05) is 0 Å². The van der Waals surface area contributed by atoms with Gasteiger partial charge in [0.05, 0.1) is 17.3 Å². The van der Waals surface area contributed by atoms with Crippen molar-refractivity contribution in [2.75, 3.05) is 58.3 Å². The van der Waals surface area contributed by atoms with Crippen LogP contribution in [0.3, 0.4) is 0 Å². The largest absolute Gasteiger partial charge is 0.448 e. The van der Waals surface area contributed by atoms with Gasteiger partial charge in [-0.05, 0) is 18.2 Å². The summed E-state index contributed by atoms with van der Waals surface area (Å²) in [6.07, 6.45) is -0.344. The monoisotopic (exact) mass is 320 g/mol. The molecular formula is C16H21FN4O2. The first-order chi connectivity index (χ1) is 11.0. The van der Waals surface area contributed by atoms with Gasteiger partial charge in [-0.2, -0.15) is 5.26 Å². The normalized spacial score (nSPS) is 15.1. The minimum Gasteiger partial charge on any atom is -0.448 e. The van der Waals surface area contributed by atoms with Crippen LogP contribution in [0.15, 0.2) is 18.2 Å². The topological polar surface area (TPSA) is 59.8 Å². The maximum Gasteiger partial charge on any atom is 0.409 e. The Balaban J connectivity index is 1.80. The van der Waals surface area contributed by atoms with Gasteiger partial charge in [0.15, 0.2) is 0 Å². The summed E-state index contributed by atoms with van der Waals surface area (Å²) in [5, 5.41) is 8.78. The van der Waals surface area contributed by atoms with Crippen LogP contribution in [0.1, 0.15) is 5.56 Å². The predicted octanol–water partition coefficient (Wildman–Crippen LogP) is 1.52. The zero-order valence-electron chi connectivity index (χ0n) is 13.5. The summed E-state index contributed by atoms with van der Waals surface area (Å²) < 4.78 is 19.1. The lowest BCUT2D eigenvalue weighted by Gasteiger charge is -2.36. The van der Waals surface area contributed by atoms with Crippen LogP contribution >= 0.6 is 0 Å². The summed E-state index contributed by atoms with van der Waals surface area (Å²) in [7, 11) is 3.29. The van der Waals surface area contributed by atoms with Gasteiger partial charge in [0.1, 0.15) is 12.4 Å². The van der Waals surface area contributed by atoms with Gasteiger partial charge in [-0.3, -0.25) is 4.90 Å². The number of piperazine rings is 1. The number of amides is 1. The maximum atomic E-state index is 14.0. The van der Waals surface area contributed by atoms with E-state index in [2.05, 4.69) is 4.90 Å². The number of carbonyl (C=O) groups is 1. The van der Waals surface area contributed by atoms with Crippen LogP contribution in [0.2, 0.25) is 0 Å². The Bertz CT molecular complexity index is 592. The van der Waals surface area contributed by atoms with Gasteiger partial charge in [0.25, 0.3) is 0 Å². The highest BCUT2D eigenvalue weighted by Gasteiger charge is 2.19. The SMILES string of the molecule is CN(C)C(=O)OCCN1CCN(c2ccc(C#N)cc2F)CC1. The molecule has 1 fully saturated rings. The van der Waals surface area contributed by atoms with Crippen molar-refractivity contribution in [3.63, 3.8) is 0 Å². The van der Waals surface area contributed by atoms with Gasteiger partial charge in [0, 0.05) is 46.8 Å². The smallest absolute Gasteiger partial charge is 0.409 e. The molecule has 1 aromatic carbocycles. The molecule has 7 heteroatoms. The number of nitriles is 1. The van der Waals surface area contributed by atoms with Crippen LogP contribution in [0.5, 0.6) is 0 Å². The van der Waals surface area contributed by atoms with Gasteiger partial charge in [-0.15, -0.1) is 0 Å². The van der Waals surface area contributed by atoms with Crippen molar-refractivity contribution in [2.45, 2.75) is 0 Å². The van der Waals surface area contributed by atoms with E-state index in [4.69, 9.17) is 10.00 Å². The molecule has 0 spiro atoms. The average molecular weight is 320 g/mol. The zero-order chi connectivity index (χ0) is 16.8. The van der Waals surface area contributed by atoms with Gasteiger partial charge < -0.3 is 14.5 Å². The highest BCUT2D eigenvalue weighted by atomic mass is 19.1. The average Bonchev–Trinajstić information content (AvgIpc) is 2.55. The lowest BCUT2D eigenvalue weighted by molar-refractivity contribution is 0.102. The van der Waals surface area contributed by atoms with Crippen LogP contribution < -0.4 is 4.90 Å². The summed E-state index contributed by atoms with van der Waals surface area (Å²) >= 11 is 0. The summed E-state index contributed by atoms with van der Waals surface area (Å²) in [6.45, 7) is 3.97. The fraction of sp³-hybridized carbons (Fsp3) is 0.500. The molecule has 0 N–H and O–H groups in total. The molecular weight excluding hydrogens is 299 g/mol. The minimum atomic E-state index is -0.364. The Hall–Kier alpha value is -2.33. The third kappa shape index (κ3) is 4.57. The molecule has 124 valence electrons. The Morgan fingerprint density at radius 3 is 2.61 bits per heavy atom. The number of carbonyl (C=O) groups excluding carboxylic acids is 1. The summed E-state index contributed by atoms with van der Waals surface area (Å²) in [5.74, 6) is -0.364. The van der Waals surface area contributed by atoms with E-state index in [1.807, 2.05) is 11.0 Å². The van der Waals surface area contributed by atoms with E-state index < -0.39 is 0 Å². The van der Waals surface area contributed by atoms with Crippen LogP contribution in [0.4, 0.5) is 14.9 Å². The molecule has 0 aromatic heterocycles. The highest BCUT2D eigenvalue weighted by Crippen LogP contribution is 2.21. The Kier molecular flexibility index (Phi) is 5.77. The van der Waals surface area contributed by atoms with Crippen molar-refractivity contribution in [3.8, 4) is 6.07 Å². The third-order valence-corrected chi connectivity index (χ3v) is 3.79. The number of anilines is 1. The Morgan fingerprint density at radius 1 is 1.35 bits per heavy atom. The molecule has 1 heterocycles. The molecule has 0 aliphatic carbocycles. The second kappa shape index (κ2) is 7.79. The Labute approximate surface area is 135 Å². The first kappa shape index (κ1) is 17.0. The van der Waals surface area contributed by atoms with Crippen molar-refractivity contribution in [1.29, 1.82) is 5.26 Å². The summed E-state index contributed by atoms with van der Waals surface area (Å²) in [5.41, 5.74) is 0.857. The highest BCUT2D eigenvalue weighted by molar-refractivity contribution is 5.66. The summed E-state index contributed by atoms with van der Waals surface area (Å²) in [6, 6.07) is 6.49. The van der Waals surface area contributed by atoms with Crippen LogP contribution in [0.25, 0.3) is 0 Å². The molecule has 1 amide bonds. The number of benzene rings is 1. The molecule has 23 heavy (non-hydrogen) atoms. The molecule has 1 aromatic rings. The van der Waals surface area contributed by atoms with Gasteiger partial charge in [0.2, 0.25) is 0 Å². The number of rotatable bonds is 4. The maximum absolute atomic E-state index is 14.0. The number of ether oxygens (including phenoxy) is 1.